The van der Waals surface area contributed by atoms with Gasteiger partial charge in [0.05, 0.1) is 5.41 Å². The third-order valence-electron chi connectivity index (χ3n) is 11.4. The van der Waals surface area contributed by atoms with E-state index in [1.165, 1.54) is 29.6 Å². The molecule has 8 atom stereocenters. The van der Waals surface area contributed by atoms with Crippen LogP contribution >= 0.6 is 0 Å². The van der Waals surface area contributed by atoms with Crippen LogP contribution in [0.3, 0.4) is 0 Å². The van der Waals surface area contributed by atoms with E-state index in [-0.39, 0.29) is 5.41 Å². The second-order valence-electron chi connectivity index (χ2n) is 13.3. The molecule has 8 aliphatic rings. The van der Waals surface area contributed by atoms with Crippen molar-refractivity contribution in [2.24, 2.45) is 57.7 Å². The minimum atomic E-state index is -0.240. The van der Waals surface area contributed by atoms with Gasteiger partial charge in [0.25, 0.3) is 0 Å². The Bertz CT molecular complexity index is 961. The van der Waals surface area contributed by atoms with Gasteiger partial charge in [-0.2, -0.15) is 0 Å². The van der Waals surface area contributed by atoms with Crippen molar-refractivity contribution < 1.29 is 9.59 Å². The second-order valence-corrected chi connectivity index (χ2v) is 13.3. The maximum absolute atomic E-state index is 14.1. The monoisotopic (exact) mass is 404 g/mol. The molecular weight excluding hydrogens is 368 g/mol. The van der Waals surface area contributed by atoms with Gasteiger partial charge in [0.2, 0.25) is 0 Å². The van der Waals surface area contributed by atoms with Crippen LogP contribution in [-0.2, 0) is 9.59 Å². The van der Waals surface area contributed by atoms with E-state index in [2.05, 4.69) is 33.8 Å². The Morgan fingerprint density at radius 1 is 0.833 bits per heavy atom. The van der Waals surface area contributed by atoms with E-state index in [9.17, 15) is 9.59 Å². The molecule has 0 unspecified atom stereocenters. The van der Waals surface area contributed by atoms with Crippen LogP contribution in [0.2, 0.25) is 0 Å². The topological polar surface area (TPSA) is 34.1 Å². The lowest BCUT2D eigenvalue weighted by Crippen LogP contribution is -2.74. The van der Waals surface area contributed by atoms with Gasteiger partial charge in [-0.25, -0.2) is 0 Å². The molecule has 2 nitrogen and oxygen atoms in total. The molecule has 8 aliphatic carbocycles. The van der Waals surface area contributed by atoms with Gasteiger partial charge >= 0.3 is 0 Å². The highest BCUT2D eigenvalue weighted by atomic mass is 16.1. The first-order chi connectivity index (χ1) is 14.2. The molecule has 1 spiro atoms. The maximum atomic E-state index is 14.1. The summed E-state index contributed by atoms with van der Waals surface area (Å²) in [5, 5.41) is 0. The maximum Gasteiger partial charge on any atom is 0.159 e. The van der Waals surface area contributed by atoms with Crippen molar-refractivity contribution in [1.29, 1.82) is 0 Å². The van der Waals surface area contributed by atoms with Crippen LogP contribution in [0.25, 0.3) is 0 Å². The summed E-state index contributed by atoms with van der Waals surface area (Å²) in [6.45, 7) is 9.74. The van der Waals surface area contributed by atoms with Gasteiger partial charge in [0.1, 0.15) is 5.78 Å². The molecule has 160 valence electrons. The molecule has 8 rings (SSSR count). The zero-order valence-corrected chi connectivity index (χ0v) is 19.1. The van der Waals surface area contributed by atoms with E-state index < -0.39 is 0 Å². The van der Waals surface area contributed by atoms with E-state index in [0.29, 0.717) is 63.8 Å². The van der Waals surface area contributed by atoms with Crippen molar-refractivity contribution >= 4 is 11.6 Å². The van der Waals surface area contributed by atoms with Crippen LogP contribution in [0.15, 0.2) is 22.8 Å². The standard InChI is InChI=1S/C28H36O2/c1-26(2)12-16-18(26)11-14-7-5-10-20(30)28(14)23(16)22-17-13-27(3,4)24(17)25(28)15-8-6-9-19(29)21(15)22/h11,16-18,22-25H,5-10,12-13H2,1-4H3/t16-,17-,18-,22-,23-,24-,25-,28+/m1/s1. The molecule has 0 saturated heterocycles. The molecule has 0 aliphatic heterocycles. The largest absolute Gasteiger partial charge is 0.299 e. The Morgan fingerprint density at radius 2 is 1.57 bits per heavy atom. The lowest BCUT2D eigenvalue weighted by Gasteiger charge is -2.77. The predicted octanol–water partition coefficient (Wildman–Crippen LogP) is 5.92. The van der Waals surface area contributed by atoms with Gasteiger partial charge < -0.3 is 0 Å². The highest BCUT2D eigenvalue weighted by Gasteiger charge is 2.77. The first kappa shape index (κ1) is 18.4. The molecule has 0 aromatic carbocycles. The lowest BCUT2D eigenvalue weighted by molar-refractivity contribution is -0.224. The van der Waals surface area contributed by atoms with E-state index in [1.807, 2.05) is 0 Å². The Kier molecular flexibility index (Phi) is 3.21. The molecule has 4 saturated carbocycles. The number of hydrogen-bond donors (Lipinski definition) is 0. The molecule has 2 bridgehead atoms. The quantitative estimate of drug-likeness (QED) is 0.470. The number of hydrogen-bond acceptors (Lipinski definition) is 2. The minimum Gasteiger partial charge on any atom is -0.299 e. The number of rotatable bonds is 0. The van der Waals surface area contributed by atoms with Crippen LogP contribution in [0.5, 0.6) is 0 Å². The zero-order valence-electron chi connectivity index (χ0n) is 19.1. The summed E-state index contributed by atoms with van der Waals surface area (Å²) in [5.41, 5.74) is 4.69. The fraction of sp³-hybridized carbons (Fsp3) is 0.786. The van der Waals surface area contributed by atoms with Crippen LogP contribution in [-0.4, -0.2) is 11.6 Å². The summed E-state index contributed by atoms with van der Waals surface area (Å²) >= 11 is 0. The molecule has 0 heterocycles. The predicted molar refractivity (Wildman–Crippen MR) is 116 cm³/mol. The van der Waals surface area contributed by atoms with E-state index in [1.54, 1.807) is 0 Å². The van der Waals surface area contributed by atoms with Crippen molar-refractivity contribution in [1.82, 2.24) is 0 Å². The molecule has 30 heavy (non-hydrogen) atoms. The first-order valence-corrected chi connectivity index (χ1v) is 12.7. The molecule has 2 heteroatoms. The Morgan fingerprint density at radius 3 is 2.30 bits per heavy atom. The van der Waals surface area contributed by atoms with Crippen LogP contribution < -0.4 is 0 Å². The molecule has 0 amide bonds. The number of ketones is 2. The van der Waals surface area contributed by atoms with Gasteiger partial charge in [-0.05, 0) is 90.4 Å². The number of Topliss-reactive ketones (excluding diaryl/α,β-unsaturated/α-hetero) is 2. The number of carbonyl (C=O) groups is 2. The second kappa shape index (κ2) is 5.24. The van der Waals surface area contributed by atoms with E-state index in [0.717, 1.165) is 38.5 Å². The Labute approximate surface area is 180 Å². The van der Waals surface area contributed by atoms with Crippen LogP contribution in [0.1, 0.15) is 79.1 Å². The lowest BCUT2D eigenvalue weighted by atomic mass is 9.26. The molecule has 0 aromatic rings. The fourth-order valence-electron chi connectivity index (χ4n) is 10.7. The van der Waals surface area contributed by atoms with Crippen LogP contribution in [0.4, 0.5) is 0 Å². The van der Waals surface area contributed by atoms with Crippen LogP contribution in [0, 0.1) is 57.7 Å². The summed E-state index contributed by atoms with van der Waals surface area (Å²) in [4.78, 5) is 27.5. The SMILES string of the molecule is CC1(C)C[C@@H]2[C@@H]3C4=C(CCCC4=O)[C@H]([C@@H]21)[C@]12C(=O)CCCC1=C[C@@H]1[C@@H](CC1(C)C)[C@H]32. The van der Waals surface area contributed by atoms with E-state index in [4.69, 9.17) is 0 Å². The summed E-state index contributed by atoms with van der Waals surface area (Å²) in [5.74, 6) is 4.66. The summed E-state index contributed by atoms with van der Waals surface area (Å²) in [7, 11) is 0. The smallest absolute Gasteiger partial charge is 0.159 e. The number of fused-ring (bicyclic) bond motifs is 1. The van der Waals surface area contributed by atoms with Crippen molar-refractivity contribution in [3.8, 4) is 0 Å². The normalized spacial score (nSPS) is 51.5. The Balaban J connectivity index is 1.53. The highest BCUT2D eigenvalue weighted by molar-refractivity contribution is 6.00. The summed E-state index contributed by atoms with van der Waals surface area (Å²) in [6.07, 6.45) is 10.9. The highest BCUT2D eigenvalue weighted by Crippen LogP contribution is 2.81. The number of carbonyl (C=O) groups excluding carboxylic acids is 2. The molecular formula is C28H36O2. The summed E-state index contributed by atoms with van der Waals surface area (Å²) < 4.78 is 0. The van der Waals surface area contributed by atoms with Crippen molar-refractivity contribution in [2.45, 2.75) is 79.1 Å². The number of allylic oxidation sites excluding steroid dienone is 4. The van der Waals surface area contributed by atoms with Crippen molar-refractivity contribution in [3.63, 3.8) is 0 Å². The average Bonchev–Trinajstić information content (AvgIpc) is 2.67. The Hall–Kier alpha value is -1.18. The van der Waals surface area contributed by atoms with Gasteiger partial charge in [0, 0.05) is 18.8 Å². The van der Waals surface area contributed by atoms with Gasteiger partial charge in [-0.1, -0.05) is 44.9 Å². The minimum absolute atomic E-state index is 0.240. The van der Waals surface area contributed by atoms with Gasteiger partial charge in [-0.3, -0.25) is 9.59 Å². The summed E-state index contributed by atoms with van der Waals surface area (Å²) in [6, 6.07) is 0. The van der Waals surface area contributed by atoms with E-state index >= 15 is 0 Å². The fourth-order valence-corrected chi connectivity index (χ4v) is 10.7. The van der Waals surface area contributed by atoms with Crippen molar-refractivity contribution in [2.75, 3.05) is 0 Å². The van der Waals surface area contributed by atoms with Gasteiger partial charge in [-0.15, -0.1) is 0 Å². The van der Waals surface area contributed by atoms with Crippen molar-refractivity contribution in [3.05, 3.63) is 22.8 Å². The zero-order chi connectivity index (χ0) is 20.8. The average molecular weight is 405 g/mol. The molecule has 0 N–H and O–H groups in total. The third kappa shape index (κ3) is 1.76. The first-order valence-electron chi connectivity index (χ1n) is 12.7. The molecule has 0 aromatic heterocycles. The van der Waals surface area contributed by atoms with Gasteiger partial charge in [0.15, 0.2) is 5.78 Å². The third-order valence-corrected chi connectivity index (χ3v) is 11.4. The molecule has 4 fully saturated rings. The molecule has 0 radical (unpaired) electrons.